The average Bonchev–Trinajstić information content (AvgIpc) is 2.49. The highest BCUT2D eigenvalue weighted by molar-refractivity contribution is 7.92. The monoisotopic (exact) mass is 252 g/mol. The number of hydrogen-bond donors (Lipinski definition) is 0. The Labute approximate surface area is 99.5 Å². The van der Waals surface area contributed by atoms with E-state index in [0.29, 0.717) is 18.9 Å². The molecule has 5 nitrogen and oxygen atoms in total. The lowest BCUT2D eigenvalue weighted by molar-refractivity contribution is 0.305. The lowest BCUT2D eigenvalue weighted by Gasteiger charge is -2.24. The van der Waals surface area contributed by atoms with Crippen molar-refractivity contribution in [1.29, 1.82) is 0 Å². The summed E-state index contributed by atoms with van der Waals surface area (Å²) >= 11 is 0. The van der Waals surface area contributed by atoms with Crippen LogP contribution in [0.2, 0.25) is 0 Å². The summed E-state index contributed by atoms with van der Waals surface area (Å²) in [6.07, 6.45) is 3.60. The molecule has 2 aliphatic heterocycles. The molecule has 0 amide bonds. The number of fused-ring (bicyclic) bond motifs is 3. The van der Waals surface area contributed by atoms with E-state index in [9.17, 15) is 8.42 Å². The van der Waals surface area contributed by atoms with Crippen molar-refractivity contribution in [3.63, 3.8) is 0 Å². The lowest BCUT2D eigenvalue weighted by Crippen LogP contribution is -2.33. The van der Waals surface area contributed by atoms with Gasteiger partial charge in [0.1, 0.15) is 0 Å². The van der Waals surface area contributed by atoms with Crippen LogP contribution in [0.4, 0.5) is 0 Å². The number of aliphatic imine (C=N–C) groups is 1. The molecule has 0 radical (unpaired) electrons. The van der Waals surface area contributed by atoms with Crippen molar-refractivity contribution in [3.8, 4) is 5.88 Å². The van der Waals surface area contributed by atoms with E-state index in [1.807, 2.05) is 6.07 Å². The van der Waals surface area contributed by atoms with Gasteiger partial charge in [-0.1, -0.05) is 0 Å². The molecule has 90 valence electrons. The van der Waals surface area contributed by atoms with E-state index in [0.717, 1.165) is 5.56 Å². The first-order chi connectivity index (χ1) is 8.18. The fourth-order valence-corrected chi connectivity index (χ4v) is 3.92. The van der Waals surface area contributed by atoms with Crippen LogP contribution in [-0.4, -0.2) is 37.2 Å². The molecule has 6 heteroatoms. The largest absolute Gasteiger partial charge is 0.477 e. The van der Waals surface area contributed by atoms with Crippen LogP contribution in [0.1, 0.15) is 18.0 Å². The highest BCUT2D eigenvalue weighted by Crippen LogP contribution is 2.37. The maximum absolute atomic E-state index is 12.0. The molecule has 0 spiro atoms. The number of ether oxygens (including phenoxy) is 1. The molecule has 3 heterocycles. The third-order valence-electron chi connectivity index (χ3n) is 3.15. The maximum Gasteiger partial charge on any atom is 0.218 e. The zero-order valence-electron chi connectivity index (χ0n) is 9.11. The van der Waals surface area contributed by atoms with Gasteiger partial charge >= 0.3 is 0 Å². The number of nitrogens with zero attached hydrogens (tertiary/aromatic N) is 2. The van der Waals surface area contributed by atoms with Crippen molar-refractivity contribution in [2.45, 2.75) is 17.7 Å². The summed E-state index contributed by atoms with van der Waals surface area (Å²) in [4.78, 5) is 8.45. The molecule has 0 N–H and O–H groups in total. The van der Waals surface area contributed by atoms with Gasteiger partial charge in [-0.3, -0.25) is 4.99 Å². The minimum Gasteiger partial charge on any atom is -0.477 e. The zero-order valence-corrected chi connectivity index (χ0v) is 9.93. The average molecular weight is 252 g/mol. The quantitative estimate of drug-likeness (QED) is 0.684. The smallest absolute Gasteiger partial charge is 0.218 e. The van der Waals surface area contributed by atoms with Crippen LogP contribution in [0.3, 0.4) is 0 Å². The molecule has 1 aromatic heterocycles. The van der Waals surface area contributed by atoms with Gasteiger partial charge in [0.05, 0.1) is 23.7 Å². The number of rotatable bonds is 0. The molecular formula is C11H12N2O3S. The van der Waals surface area contributed by atoms with Gasteiger partial charge in [0.2, 0.25) is 5.88 Å². The second kappa shape index (κ2) is 3.80. The second-order valence-corrected chi connectivity index (χ2v) is 6.44. The third kappa shape index (κ3) is 1.72. The van der Waals surface area contributed by atoms with Crippen LogP contribution in [0, 0.1) is 0 Å². The molecule has 17 heavy (non-hydrogen) atoms. The Bertz CT molecular complexity index is 568. The van der Waals surface area contributed by atoms with E-state index in [-0.39, 0.29) is 11.8 Å². The minimum absolute atomic E-state index is 0.0315. The van der Waals surface area contributed by atoms with E-state index in [2.05, 4.69) is 9.98 Å². The van der Waals surface area contributed by atoms with Gasteiger partial charge in [0.25, 0.3) is 0 Å². The van der Waals surface area contributed by atoms with Gasteiger partial charge in [-0.25, -0.2) is 13.4 Å². The predicted octanol–water partition coefficient (Wildman–Crippen LogP) is 0.773. The van der Waals surface area contributed by atoms with Gasteiger partial charge in [-0.05, 0) is 12.1 Å². The van der Waals surface area contributed by atoms with Crippen LogP contribution in [0.5, 0.6) is 5.88 Å². The molecule has 0 saturated heterocycles. The third-order valence-corrected chi connectivity index (χ3v) is 5.18. The molecule has 0 aromatic carbocycles. The number of aromatic nitrogens is 1. The van der Waals surface area contributed by atoms with Crippen LogP contribution in [0.15, 0.2) is 23.3 Å². The van der Waals surface area contributed by atoms with E-state index >= 15 is 0 Å². The molecule has 0 aliphatic carbocycles. The van der Waals surface area contributed by atoms with E-state index in [1.54, 1.807) is 12.3 Å². The predicted molar refractivity (Wildman–Crippen MR) is 63.2 cm³/mol. The Kier molecular flexibility index (Phi) is 2.39. The Morgan fingerprint density at radius 3 is 3.18 bits per heavy atom. The molecule has 2 aliphatic rings. The van der Waals surface area contributed by atoms with Crippen LogP contribution >= 0.6 is 0 Å². The van der Waals surface area contributed by atoms with Gasteiger partial charge in [-0.15, -0.1) is 0 Å². The summed E-state index contributed by atoms with van der Waals surface area (Å²) in [7, 11) is -3.11. The summed E-state index contributed by atoms with van der Waals surface area (Å²) < 4.78 is 29.5. The van der Waals surface area contributed by atoms with Crippen molar-refractivity contribution in [1.82, 2.24) is 4.98 Å². The molecule has 2 atom stereocenters. The molecule has 3 rings (SSSR count). The molecule has 2 unspecified atom stereocenters. The van der Waals surface area contributed by atoms with Crippen molar-refractivity contribution in [3.05, 3.63) is 23.9 Å². The van der Waals surface area contributed by atoms with E-state index < -0.39 is 15.1 Å². The highest BCUT2D eigenvalue weighted by Gasteiger charge is 2.39. The van der Waals surface area contributed by atoms with Gasteiger partial charge in [-0.2, -0.15) is 0 Å². The maximum atomic E-state index is 12.0. The lowest BCUT2D eigenvalue weighted by atomic mass is 10.0. The summed E-state index contributed by atoms with van der Waals surface area (Å²) in [5.41, 5.74) is 0.773. The molecular weight excluding hydrogens is 240 g/mol. The van der Waals surface area contributed by atoms with Crippen LogP contribution in [-0.2, 0) is 9.84 Å². The Morgan fingerprint density at radius 2 is 2.29 bits per heavy atom. The number of sulfone groups is 1. The summed E-state index contributed by atoms with van der Waals surface area (Å²) in [6.45, 7) is 0.375. The van der Waals surface area contributed by atoms with Gasteiger partial charge < -0.3 is 4.74 Å². The van der Waals surface area contributed by atoms with E-state index in [4.69, 9.17) is 4.74 Å². The molecule has 0 saturated carbocycles. The fraction of sp³-hybridized carbons (Fsp3) is 0.455. The molecule has 1 aromatic rings. The Hall–Kier alpha value is -1.43. The van der Waals surface area contributed by atoms with Crippen molar-refractivity contribution < 1.29 is 13.2 Å². The van der Waals surface area contributed by atoms with Crippen molar-refractivity contribution in [2.75, 3.05) is 12.4 Å². The first kappa shape index (κ1) is 10.7. The first-order valence-corrected chi connectivity index (χ1v) is 7.21. The summed E-state index contributed by atoms with van der Waals surface area (Å²) in [6, 6.07) is 3.25. The van der Waals surface area contributed by atoms with Crippen molar-refractivity contribution >= 4 is 16.1 Å². The zero-order chi connectivity index (χ0) is 11.9. The minimum atomic E-state index is -3.11. The molecule has 0 bridgehead atoms. The fourth-order valence-electron chi connectivity index (χ4n) is 2.32. The summed E-state index contributed by atoms with van der Waals surface area (Å²) in [5, 5.41) is -0.474. The van der Waals surface area contributed by atoms with Crippen molar-refractivity contribution in [2.24, 2.45) is 4.99 Å². The van der Waals surface area contributed by atoms with E-state index in [1.165, 1.54) is 6.21 Å². The normalized spacial score (nSPS) is 29.6. The number of pyridine rings is 1. The number of hydrogen-bond acceptors (Lipinski definition) is 5. The van der Waals surface area contributed by atoms with Gasteiger partial charge in [0.15, 0.2) is 9.84 Å². The molecule has 0 fully saturated rings. The SMILES string of the molecule is O=S1(=O)CC=NC2c3cccnc3OCCC21. The Balaban J connectivity index is 2.15. The standard InChI is InChI=1S/C11H12N2O3S/c14-17(15)7-5-12-10-8-2-1-4-13-11(8)16-6-3-9(10)17/h1-2,4-5,9-10H,3,6-7H2. The highest BCUT2D eigenvalue weighted by atomic mass is 32.2. The van der Waals surface area contributed by atoms with Crippen LogP contribution < -0.4 is 4.74 Å². The second-order valence-electron chi connectivity index (χ2n) is 4.18. The topological polar surface area (TPSA) is 68.6 Å². The first-order valence-electron chi connectivity index (χ1n) is 5.49. The van der Waals surface area contributed by atoms with Gasteiger partial charge in [0, 0.05) is 24.4 Å². The van der Waals surface area contributed by atoms with Crippen LogP contribution in [0.25, 0.3) is 0 Å². The summed E-state index contributed by atoms with van der Waals surface area (Å²) in [5.74, 6) is 0.540. The Morgan fingerprint density at radius 1 is 1.41 bits per heavy atom.